The van der Waals surface area contributed by atoms with E-state index >= 15 is 0 Å². The Hall–Kier alpha value is -1.63. The average molecular weight is 379 g/mol. The van der Waals surface area contributed by atoms with Gasteiger partial charge in [0.1, 0.15) is 6.04 Å². The van der Waals surface area contributed by atoms with Crippen LogP contribution in [-0.4, -0.2) is 58.8 Å². The molecule has 1 aliphatic heterocycles. The lowest BCUT2D eigenvalue weighted by Gasteiger charge is -2.36. The summed E-state index contributed by atoms with van der Waals surface area (Å²) in [7, 11) is 0. The van der Waals surface area contributed by atoms with Crippen LogP contribution in [0.4, 0.5) is 4.79 Å². The van der Waals surface area contributed by atoms with Crippen molar-refractivity contribution in [2.45, 2.75) is 71.3 Å². The van der Waals surface area contributed by atoms with E-state index < -0.39 is 0 Å². The van der Waals surface area contributed by atoms with Gasteiger partial charge in [-0.05, 0) is 51.9 Å². The molecule has 1 saturated heterocycles. The summed E-state index contributed by atoms with van der Waals surface area (Å²) in [5, 5.41) is 4.12. The molecule has 2 amide bonds. The zero-order valence-electron chi connectivity index (χ0n) is 16.9. The van der Waals surface area contributed by atoms with Crippen molar-refractivity contribution in [3.63, 3.8) is 0 Å². The van der Waals surface area contributed by atoms with E-state index in [0.717, 1.165) is 38.3 Å². The summed E-state index contributed by atoms with van der Waals surface area (Å²) in [6.07, 6.45) is 8.92. The number of amides is 2. The Kier molecular flexibility index (Phi) is 7.50. The lowest BCUT2D eigenvalue weighted by Crippen LogP contribution is -2.46. The third kappa shape index (κ3) is 5.21. The lowest BCUT2D eigenvalue weighted by atomic mass is 10.0. The number of nitrogens with zero attached hydrogens (tertiary/aromatic N) is 4. The largest absolute Gasteiger partial charge is 0.381 e. The highest BCUT2D eigenvalue weighted by atomic mass is 16.5. The van der Waals surface area contributed by atoms with Crippen molar-refractivity contribution in [2.24, 2.45) is 5.92 Å². The molecule has 0 N–H and O–H groups in total. The first-order valence-electron chi connectivity index (χ1n) is 10.7. The number of ether oxygens (including phenoxy) is 1. The van der Waals surface area contributed by atoms with Crippen LogP contribution in [0, 0.1) is 5.92 Å². The van der Waals surface area contributed by atoms with E-state index in [1.165, 1.54) is 25.7 Å². The summed E-state index contributed by atoms with van der Waals surface area (Å²) in [6, 6.07) is -0.0307. The van der Waals surface area contributed by atoms with Gasteiger partial charge in [-0.3, -0.25) is 0 Å². The standard InChI is InChI=1S/C20H34N4O3/c1-3-23(4-2)20(25)24-13-8-7-11-17(24)19-21-18(22-27-19)12-14-26-15-16-9-5-6-10-16/h16-17H,3-15H2,1-2H3. The van der Waals surface area contributed by atoms with Gasteiger partial charge in [0, 0.05) is 32.7 Å². The first-order chi connectivity index (χ1) is 13.2. The molecule has 1 aromatic heterocycles. The van der Waals surface area contributed by atoms with E-state index in [1.54, 1.807) is 0 Å². The van der Waals surface area contributed by atoms with Crippen LogP contribution in [0.25, 0.3) is 0 Å². The number of aromatic nitrogens is 2. The molecule has 0 spiro atoms. The minimum Gasteiger partial charge on any atom is -0.381 e. The average Bonchev–Trinajstić information content (AvgIpc) is 3.38. The number of urea groups is 1. The zero-order chi connectivity index (χ0) is 19.1. The predicted octanol–water partition coefficient (Wildman–Crippen LogP) is 3.81. The van der Waals surface area contributed by atoms with Crippen LogP contribution in [0.1, 0.15) is 76.6 Å². The molecule has 0 aromatic carbocycles. The Labute approximate surface area is 162 Å². The first kappa shape index (κ1) is 20.1. The smallest absolute Gasteiger partial charge is 0.320 e. The molecular formula is C20H34N4O3. The van der Waals surface area contributed by atoms with E-state index in [2.05, 4.69) is 10.1 Å². The highest BCUT2D eigenvalue weighted by Gasteiger charge is 2.33. The number of carbonyl (C=O) groups is 1. The fourth-order valence-corrected chi connectivity index (χ4v) is 4.19. The summed E-state index contributed by atoms with van der Waals surface area (Å²) in [5.74, 6) is 1.98. The van der Waals surface area contributed by atoms with Crippen LogP contribution in [0.15, 0.2) is 4.52 Å². The number of rotatable bonds is 8. The predicted molar refractivity (Wildman–Crippen MR) is 102 cm³/mol. The Morgan fingerprint density at radius 2 is 1.93 bits per heavy atom. The third-order valence-corrected chi connectivity index (χ3v) is 5.85. The molecule has 1 saturated carbocycles. The first-order valence-corrected chi connectivity index (χ1v) is 10.7. The van der Waals surface area contributed by atoms with Gasteiger partial charge < -0.3 is 19.1 Å². The van der Waals surface area contributed by atoms with Crippen LogP contribution < -0.4 is 0 Å². The molecule has 1 aromatic rings. The highest BCUT2D eigenvalue weighted by molar-refractivity contribution is 5.75. The molecule has 7 nitrogen and oxygen atoms in total. The second-order valence-electron chi connectivity index (χ2n) is 7.68. The van der Waals surface area contributed by atoms with Crippen LogP contribution in [0.5, 0.6) is 0 Å². The van der Waals surface area contributed by atoms with Gasteiger partial charge in [0.15, 0.2) is 5.82 Å². The van der Waals surface area contributed by atoms with E-state index in [9.17, 15) is 4.79 Å². The van der Waals surface area contributed by atoms with Crippen LogP contribution in [0.3, 0.4) is 0 Å². The monoisotopic (exact) mass is 378 g/mol. The van der Waals surface area contributed by atoms with Crippen molar-refractivity contribution in [3.05, 3.63) is 11.7 Å². The zero-order valence-corrected chi connectivity index (χ0v) is 16.9. The van der Waals surface area contributed by atoms with Gasteiger partial charge in [-0.1, -0.05) is 18.0 Å². The normalized spacial score (nSPS) is 21.0. The molecule has 3 rings (SSSR count). The fraction of sp³-hybridized carbons (Fsp3) is 0.850. The maximum absolute atomic E-state index is 12.8. The van der Waals surface area contributed by atoms with Gasteiger partial charge >= 0.3 is 6.03 Å². The molecule has 1 unspecified atom stereocenters. The molecule has 2 heterocycles. The Morgan fingerprint density at radius 3 is 2.67 bits per heavy atom. The number of carbonyl (C=O) groups excluding carboxylic acids is 1. The fourth-order valence-electron chi connectivity index (χ4n) is 4.19. The number of piperidine rings is 1. The SMILES string of the molecule is CCN(CC)C(=O)N1CCCCC1c1nc(CCOCC2CCCC2)no1. The molecule has 27 heavy (non-hydrogen) atoms. The number of likely N-dealkylation sites (tertiary alicyclic amines) is 1. The van der Waals surface area contributed by atoms with Gasteiger partial charge in [-0.2, -0.15) is 4.98 Å². The van der Waals surface area contributed by atoms with E-state index in [0.29, 0.717) is 37.8 Å². The quantitative estimate of drug-likeness (QED) is 0.643. The number of hydrogen-bond acceptors (Lipinski definition) is 5. The van der Waals surface area contributed by atoms with Crippen LogP contribution in [0.2, 0.25) is 0 Å². The summed E-state index contributed by atoms with van der Waals surface area (Å²) in [5.41, 5.74) is 0. The molecule has 0 bridgehead atoms. The molecule has 1 aliphatic carbocycles. The molecule has 2 aliphatic rings. The van der Waals surface area contributed by atoms with E-state index in [1.807, 2.05) is 23.6 Å². The molecule has 2 fully saturated rings. The topological polar surface area (TPSA) is 71.7 Å². The van der Waals surface area contributed by atoms with Crippen molar-refractivity contribution in [3.8, 4) is 0 Å². The van der Waals surface area contributed by atoms with Gasteiger partial charge in [-0.25, -0.2) is 4.79 Å². The third-order valence-electron chi connectivity index (χ3n) is 5.85. The summed E-state index contributed by atoms with van der Waals surface area (Å²) >= 11 is 0. The molecule has 1 atom stereocenters. The van der Waals surface area contributed by atoms with Crippen LogP contribution in [-0.2, 0) is 11.2 Å². The highest BCUT2D eigenvalue weighted by Crippen LogP contribution is 2.31. The van der Waals surface area contributed by atoms with Crippen molar-refractivity contribution < 1.29 is 14.1 Å². The molecule has 152 valence electrons. The second kappa shape index (κ2) is 10.1. The van der Waals surface area contributed by atoms with Crippen molar-refractivity contribution in [1.82, 2.24) is 19.9 Å². The van der Waals surface area contributed by atoms with Gasteiger partial charge in [0.25, 0.3) is 0 Å². The maximum Gasteiger partial charge on any atom is 0.320 e. The Bertz CT molecular complexity index is 582. The maximum atomic E-state index is 12.8. The minimum absolute atomic E-state index is 0.0735. The Balaban J connectivity index is 1.53. The summed E-state index contributed by atoms with van der Waals surface area (Å²) < 4.78 is 11.3. The van der Waals surface area contributed by atoms with Crippen molar-refractivity contribution >= 4 is 6.03 Å². The summed E-state index contributed by atoms with van der Waals surface area (Å²) in [4.78, 5) is 21.2. The van der Waals surface area contributed by atoms with E-state index in [-0.39, 0.29) is 12.1 Å². The van der Waals surface area contributed by atoms with Gasteiger partial charge in [-0.15, -0.1) is 0 Å². The molecule has 7 heteroatoms. The minimum atomic E-state index is -0.104. The van der Waals surface area contributed by atoms with Gasteiger partial charge in [0.05, 0.1) is 6.61 Å². The number of hydrogen-bond donors (Lipinski definition) is 0. The lowest BCUT2D eigenvalue weighted by molar-refractivity contribution is 0.102. The second-order valence-corrected chi connectivity index (χ2v) is 7.68. The molecular weight excluding hydrogens is 344 g/mol. The molecule has 0 radical (unpaired) electrons. The van der Waals surface area contributed by atoms with Crippen LogP contribution >= 0.6 is 0 Å². The van der Waals surface area contributed by atoms with E-state index in [4.69, 9.17) is 9.26 Å². The Morgan fingerprint density at radius 1 is 1.19 bits per heavy atom. The van der Waals surface area contributed by atoms with Crippen molar-refractivity contribution in [2.75, 3.05) is 32.8 Å². The van der Waals surface area contributed by atoms with Gasteiger partial charge in [0.2, 0.25) is 5.89 Å². The summed E-state index contributed by atoms with van der Waals surface area (Å²) in [6.45, 7) is 7.68. The van der Waals surface area contributed by atoms with Crippen molar-refractivity contribution in [1.29, 1.82) is 0 Å².